The highest BCUT2D eigenvalue weighted by atomic mass is 16.5. The van der Waals surface area contributed by atoms with Crippen LogP contribution in [0.15, 0.2) is 30.3 Å². The number of hydrogen-bond donors (Lipinski definition) is 0. The highest BCUT2D eigenvalue weighted by molar-refractivity contribution is 5.20. The minimum atomic E-state index is 0.910. The van der Waals surface area contributed by atoms with Crippen molar-refractivity contribution in [2.45, 2.75) is 0 Å². The summed E-state index contributed by atoms with van der Waals surface area (Å²) < 4.78 is 9.16. The summed E-state index contributed by atoms with van der Waals surface area (Å²) in [5.74, 6) is 0.910. The second kappa shape index (κ2) is 12.0. The number of methoxy groups -OCH3 is 2. The molecule has 0 spiro atoms. The monoisotopic (exact) mass is 268 g/mol. The molecule has 1 aromatic rings. The van der Waals surface area contributed by atoms with Crippen molar-refractivity contribution in [1.82, 2.24) is 9.80 Å². The molecule has 0 N–H and O–H groups in total. The molecule has 0 amide bonds. The first kappa shape index (κ1) is 17.9. The third-order valence-electron chi connectivity index (χ3n) is 2.71. The Balaban J connectivity index is 0.000000284. The maximum absolute atomic E-state index is 4.91. The van der Waals surface area contributed by atoms with E-state index in [1.165, 1.54) is 26.2 Å². The lowest BCUT2D eigenvalue weighted by molar-refractivity contribution is 0.181. The van der Waals surface area contributed by atoms with Gasteiger partial charge in [0.25, 0.3) is 0 Å². The Morgan fingerprint density at radius 3 is 1.42 bits per heavy atom. The number of likely N-dealkylation sites (N-methyl/N-ethyl adjacent to an activating group) is 2. The molecule has 1 saturated heterocycles. The molecule has 0 atom stereocenters. The topological polar surface area (TPSA) is 24.9 Å². The van der Waals surface area contributed by atoms with Crippen LogP contribution in [0.5, 0.6) is 5.75 Å². The van der Waals surface area contributed by atoms with Gasteiger partial charge in [0.1, 0.15) is 5.75 Å². The number of ether oxygens (including phenoxy) is 2. The zero-order valence-corrected chi connectivity index (χ0v) is 12.9. The maximum atomic E-state index is 4.91. The highest BCUT2D eigenvalue weighted by Gasteiger charge is 2.07. The summed E-state index contributed by atoms with van der Waals surface area (Å²) in [5.41, 5.74) is 0. The first-order chi connectivity index (χ1) is 9.13. The molecule has 19 heavy (non-hydrogen) atoms. The Hall–Kier alpha value is -1.10. The Morgan fingerprint density at radius 2 is 1.16 bits per heavy atom. The first-order valence-corrected chi connectivity index (χ1v) is 6.50. The highest BCUT2D eigenvalue weighted by Crippen LogP contribution is 2.05. The van der Waals surface area contributed by atoms with Crippen molar-refractivity contribution < 1.29 is 9.47 Å². The molecule has 4 heteroatoms. The average Bonchev–Trinajstić information content (AvgIpc) is 2.45. The molecule has 1 aliphatic heterocycles. The molecule has 0 bridgehead atoms. The van der Waals surface area contributed by atoms with Crippen molar-refractivity contribution in [3.8, 4) is 5.75 Å². The van der Waals surface area contributed by atoms with Crippen LogP contribution in [0.2, 0.25) is 0 Å². The second-order valence-corrected chi connectivity index (χ2v) is 4.53. The van der Waals surface area contributed by atoms with E-state index in [0.717, 1.165) is 5.75 Å². The molecule has 0 saturated carbocycles. The molecule has 0 unspecified atom stereocenters. The van der Waals surface area contributed by atoms with E-state index in [9.17, 15) is 0 Å². The normalized spacial score (nSPS) is 15.6. The SMILES string of the molecule is CN1CCN(C)CC1.COC.COc1ccccc1. The molecule has 1 aromatic carbocycles. The van der Waals surface area contributed by atoms with E-state index >= 15 is 0 Å². The zero-order chi connectivity index (χ0) is 14.5. The Morgan fingerprint density at radius 1 is 0.789 bits per heavy atom. The molecule has 0 aromatic heterocycles. The van der Waals surface area contributed by atoms with Crippen molar-refractivity contribution in [2.75, 3.05) is 61.6 Å². The van der Waals surface area contributed by atoms with Crippen molar-refractivity contribution in [1.29, 1.82) is 0 Å². The van der Waals surface area contributed by atoms with Gasteiger partial charge < -0.3 is 19.3 Å². The third-order valence-corrected chi connectivity index (χ3v) is 2.71. The smallest absolute Gasteiger partial charge is 0.118 e. The minimum Gasteiger partial charge on any atom is -0.497 e. The molecule has 1 aliphatic rings. The first-order valence-electron chi connectivity index (χ1n) is 6.50. The van der Waals surface area contributed by atoms with Crippen LogP contribution in [0.1, 0.15) is 0 Å². The number of benzene rings is 1. The lowest BCUT2D eigenvalue weighted by atomic mass is 10.3. The van der Waals surface area contributed by atoms with Gasteiger partial charge in [0, 0.05) is 40.4 Å². The lowest BCUT2D eigenvalue weighted by Crippen LogP contribution is -2.42. The standard InChI is InChI=1S/C7H8O.C6H14N2.C2H6O/c1-8-7-5-3-2-4-6-7;1-7-3-5-8(2)6-4-7;1-3-2/h2-6H,1H3;3-6H2,1-2H3;1-2H3. The predicted octanol–water partition coefficient (Wildman–Crippen LogP) is 1.82. The van der Waals surface area contributed by atoms with E-state index in [1.54, 1.807) is 21.3 Å². The molecule has 2 rings (SSSR count). The minimum absolute atomic E-state index is 0.910. The van der Waals surface area contributed by atoms with Gasteiger partial charge in [-0.2, -0.15) is 0 Å². The van der Waals surface area contributed by atoms with Crippen molar-refractivity contribution in [2.24, 2.45) is 0 Å². The number of piperazine rings is 1. The summed E-state index contributed by atoms with van der Waals surface area (Å²) in [7, 11) is 9.26. The maximum Gasteiger partial charge on any atom is 0.118 e. The van der Waals surface area contributed by atoms with E-state index in [2.05, 4.69) is 28.6 Å². The van der Waals surface area contributed by atoms with Crippen molar-refractivity contribution in [3.63, 3.8) is 0 Å². The number of hydrogen-bond acceptors (Lipinski definition) is 4. The molecule has 1 heterocycles. The fraction of sp³-hybridized carbons (Fsp3) is 0.600. The summed E-state index contributed by atoms with van der Waals surface area (Å²) in [6.45, 7) is 4.93. The van der Waals surface area contributed by atoms with Crippen LogP contribution in [0.3, 0.4) is 0 Å². The van der Waals surface area contributed by atoms with Gasteiger partial charge in [0.15, 0.2) is 0 Å². The van der Waals surface area contributed by atoms with E-state index in [1.807, 2.05) is 30.3 Å². The number of nitrogens with zero attached hydrogens (tertiary/aromatic N) is 2. The average molecular weight is 268 g/mol. The summed E-state index contributed by atoms with van der Waals surface area (Å²) in [4.78, 5) is 4.72. The summed E-state index contributed by atoms with van der Waals surface area (Å²) in [5, 5.41) is 0. The van der Waals surface area contributed by atoms with Crippen LogP contribution in [-0.4, -0.2) is 71.4 Å². The van der Waals surface area contributed by atoms with Gasteiger partial charge >= 0.3 is 0 Å². The van der Waals surface area contributed by atoms with E-state index in [4.69, 9.17) is 4.74 Å². The largest absolute Gasteiger partial charge is 0.497 e. The summed E-state index contributed by atoms with van der Waals surface area (Å²) in [6, 6.07) is 9.68. The van der Waals surface area contributed by atoms with E-state index in [-0.39, 0.29) is 0 Å². The summed E-state index contributed by atoms with van der Waals surface area (Å²) >= 11 is 0. The van der Waals surface area contributed by atoms with Gasteiger partial charge in [-0.25, -0.2) is 0 Å². The van der Waals surface area contributed by atoms with Gasteiger partial charge in [0.05, 0.1) is 7.11 Å². The van der Waals surface area contributed by atoms with Crippen LogP contribution in [-0.2, 0) is 4.74 Å². The van der Waals surface area contributed by atoms with Crippen LogP contribution in [0, 0.1) is 0 Å². The summed E-state index contributed by atoms with van der Waals surface area (Å²) in [6.07, 6.45) is 0. The molecule has 0 radical (unpaired) electrons. The van der Waals surface area contributed by atoms with Crippen LogP contribution in [0.25, 0.3) is 0 Å². The zero-order valence-electron chi connectivity index (χ0n) is 12.9. The lowest BCUT2D eigenvalue weighted by Gasteiger charge is -2.28. The van der Waals surface area contributed by atoms with Gasteiger partial charge in [0.2, 0.25) is 0 Å². The van der Waals surface area contributed by atoms with E-state index in [0.29, 0.717) is 0 Å². The van der Waals surface area contributed by atoms with Crippen molar-refractivity contribution >= 4 is 0 Å². The molecule has 1 fully saturated rings. The number of rotatable bonds is 1. The van der Waals surface area contributed by atoms with Gasteiger partial charge in [-0.1, -0.05) is 18.2 Å². The van der Waals surface area contributed by atoms with Crippen LogP contribution >= 0.6 is 0 Å². The Kier molecular flexibility index (Phi) is 11.3. The molecular weight excluding hydrogens is 240 g/mol. The fourth-order valence-electron chi connectivity index (χ4n) is 1.46. The van der Waals surface area contributed by atoms with Gasteiger partial charge in [-0.15, -0.1) is 0 Å². The third kappa shape index (κ3) is 10.5. The quantitative estimate of drug-likeness (QED) is 0.776. The van der Waals surface area contributed by atoms with Gasteiger partial charge in [-0.05, 0) is 26.2 Å². The van der Waals surface area contributed by atoms with Crippen LogP contribution in [0.4, 0.5) is 0 Å². The van der Waals surface area contributed by atoms with Crippen LogP contribution < -0.4 is 4.74 Å². The molecule has 0 aliphatic carbocycles. The Bertz CT molecular complexity index is 275. The predicted molar refractivity (Wildman–Crippen MR) is 80.9 cm³/mol. The van der Waals surface area contributed by atoms with E-state index < -0.39 is 0 Å². The molecule has 110 valence electrons. The fourth-order valence-corrected chi connectivity index (χ4v) is 1.46. The molecule has 4 nitrogen and oxygen atoms in total. The second-order valence-electron chi connectivity index (χ2n) is 4.53. The molecular formula is C15H28N2O2. The van der Waals surface area contributed by atoms with Crippen molar-refractivity contribution in [3.05, 3.63) is 30.3 Å². The number of para-hydroxylation sites is 1. The van der Waals surface area contributed by atoms with Gasteiger partial charge in [-0.3, -0.25) is 0 Å². The Labute approximate surface area is 117 Å².